The molecule has 0 radical (unpaired) electrons. The molecule has 0 spiro atoms. The van der Waals surface area contributed by atoms with Gasteiger partial charge in [0.05, 0.1) is 6.07 Å². The minimum Gasteiger partial charge on any atom is -0.337 e. The quantitative estimate of drug-likeness (QED) is 0.820. The highest BCUT2D eigenvalue weighted by atomic mass is 16.2. The lowest BCUT2D eigenvalue weighted by Crippen LogP contribution is -2.54. The Bertz CT molecular complexity index is 394. The molecule has 2 unspecified atom stereocenters. The van der Waals surface area contributed by atoms with E-state index in [1.165, 1.54) is 25.7 Å². The van der Waals surface area contributed by atoms with E-state index in [1.807, 2.05) is 0 Å². The van der Waals surface area contributed by atoms with Crippen molar-refractivity contribution < 1.29 is 4.79 Å². The molecule has 3 rings (SSSR count). The van der Waals surface area contributed by atoms with Gasteiger partial charge in [0.1, 0.15) is 5.54 Å². The van der Waals surface area contributed by atoms with E-state index >= 15 is 0 Å². The van der Waals surface area contributed by atoms with Gasteiger partial charge in [-0.05, 0) is 44.6 Å². The summed E-state index contributed by atoms with van der Waals surface area (Å²) in [5, 5.41) is 12.5. The molecule has 1 heterocycles. The van der Waals surface area contributed by atoms with Crippen molar-refractivity contribution in [3.8, 4) is 6.07 Å². The van der Waals surface area contributed by atoms with Gasteiger partial charge in [-0.15, -0.1) is 0 Å². The first-order valence-corrected chi connectivity index (χ1v) is 7.57. The monoisotopic (exact) mass is 261 g/mol. The van der Waals surface area contributed by atoms with Gasteiger partial charge >= 0.3 is 0 Å². The van der Waals surface area contributed by atoms with Gasteiger partial charge in [0.25, 0.3) is 0 Å². The van der Waals surface area contributed by atoms with Crippen LogP contribution < -0.4 is 5.32 Å². The van der Waals surface area contributed by atoms with Gasteiger partial charge in [0, 0.05) is 19.0 Å². The van der Waals surface area contributed by atoms with E-state index in [1.54, 1.807) is 0 Å². The van der Waals surface area contributed by atoms with E-state index < -0.39 is 5.54 Å². The minimum atomic E-state index is -0.602. The molecular weight excluding hydrogens is 238 g/mol. The van der Waals surface area contributed by atoms with Gasteiger partial charge in [-0.3, -0.25) is 4.79 Å². The van der Waals surface area contributed by atoms with Crippen LogP contribution in [0, 0.1) is 29.1 Å². The van der Waals surface area contributed by atoms with Gasteiger partial charge in [-0.1, -0.05) is 12.8 Å². The number of rotatable bonds is 2. The van der Waals surface area contributed by atoms with Crippen molar-refractivity contribution in [1.82, 2.24) is 10.2 Å². The van der Waals surface area contributed by atoms with Crippen LogP contribution in [0.4, 0.5) is 0 Å². The Kier molecular flexibility index (Phi) is 3.26. The molecule has 3 fully saturated rings. The molecule has 2 saturated carbocycles. The summed E-state index contributed by atoms with van der Waals surface area (Å²) in [5.74, 6) is 1.61. The smallest absolute Gasteiger partial charge is 0.224 e. The molecule has 19 heavy (non-hydrogen) atoms. The van der Waals surface area contributed by atoms with Gasteiger partial charge in [-0.2, -0.15) is 5.26 Å². The average Bonchev–Trinajstić information content (AvgIpc) is 3.16. The van der Waals surface area contributed by atoms with Crippen LogP contribution in [-0.4, -0.2) is 36.5 Å². The molecular formula is C15H23N3O. The topological polar surface area (TPSA) is 56.1 Å². The lowest BCUT2D eigenvalue weighted by atomic mass is 9.89. The number of amides is 1. The summed E-state index contributed by atoms with van der Waals surface area (Å²) in [5.41, 5.74) is -0.602. The molecule has 1 N–H and O–H groups in total. The summed E-state index contributed by atoms with van der Waals surface area (Å²) in [4.78, 5) is 14.6. The van der Waals surface area contributed by atoms with Gasteiger partial charge in [-0.25, -0.2) is 0 Å². The molecule has 3 aliphatic rings. The second kappa shape index (κ2) is 4.79. The van der Waals surface area contributed by atoms with Crippen LogP contribution in [0.2, 0.25) is 0 Å². The molecule has 4 heteroatoms. The van der Waals surface area contributed by atoms with Crippen LogP contribution in [0.5, 0.6) is 0 Å². The molecule has 1 amide bonds. The fraction of sp³-hybridized carbons (Fsp3) is 0.867. The Morgan fingerprint density at radius 3 is 2.37 bits per heavy atom. The number of fused-ring (bicyclic) bond motifs is 1. The zero-order valence-corrected chi connectivity index (χ0v) is 11.7. The van der Waals surface area contributed by atoms with Crippen LogP contribution in [0.1, 0.15) is 38.5 Å². The van der Waals surface area contributed by atoms with E-state index in [9.17, 15) is 10.1 Å². The number of nitriles is 1. The zero-order valence-electron chi connectivity index (χ0n) is 11.7. The highest BCUT2D eigenvalue weighted by Gasteiger charge is 2.55. The molecule has 1 saturated heterocycles. The maximum absolute atomic E-state index is 12.4. The molecule has 0 aromatic carbocycles. The lowest BCUT2D eigenvalue weighted by Gasteiger charge is -2.36. The normalized spacial score (nSPS) is 36.9. The first kappa shape index (κ1) is 12.9. The number of carbonyl (C=O) groups is 1. The van der Waals surface area contributed by atoms with Crippen LogP contribution >= 0.6 is 0 Å². The molecule has 0 bridgehead atoms. The highest BCUT2D eigenvalue weighted by Crippen LogP contribution is 2.55. The summed E-state index contributed by atoms with van der Waals surface area (Å²) in [7, 11) is 2.07. The summed E-state index contributed by atoms with van der Waals surface area (Å²) < 4.78 is 0. The largest absolute Gasteiger partial charge is 0.337 e. The predicted molar refractivity (Wildman–Crippen MR) is 72.2 cm³/mol. The average molecular weight is 261 g/mol. The Hall–Kier alpha value is -1.08. The molecule has 0 aromatic heterocycles. The zero-order chi connectivity index (χ0) is 13.5. The summed E-state index contributed by atoms with van der Waals surface area (Å²) >= 11 is 0. The van der Waals surface area contributed by atoms with Crippen molar-refractivity contribution in [1.29, 1.82) is 5.26 Å². The summed E-state index contributed by atoms with van der Waals surface area (Å²) in [6, 6.07) is 2.37. The molecule has 2 atom stereocenters. The van der Waals surface area contributed by atoms with Crippen molar-refractivity contribution in [3.05, 3.63) is 0 Å². The lowest BCUT2D eigenvalue weighted by molar-refractivity contribution is -0.124. The number of nitrogens with one attached hydrogen (secondary N) is 1. The van der Waals surface area contributed by atoms with Crippen molar-refractivity contribution in [2.24, 2.45) is 17.8 Å². The number of hydrogen-bond donors (Lipinski definition) is 1. The molecule has 4 nitrogen and oxygen atoms in total. The standard InChI is InChI=1S/C15H23N3O/c1-18-8-6-15(10-16,7-9-18)17-14(19)13-11-4-2-3-5-12(11)13/h11-13H,2-9H2,1H3,(H,17,19). The summed E-state index contributed by atoms with van der Waals surface area (Å²) in [6.07, 6.45) is 6.50. The Balaban J connectivity index is 1.61. The molecule has 2 aliphatic carbocycles. The maximum Gasteiger partial charge on any atom is 0.224 e. The van der Waals surface area contributed by atoms with Crippen molar-refractivity contribution in [3.63, 3.8) is 0 Å². The maximum atomic E-state index is 12.4. The Labute approximate surface area is 115 Å². The Morgan fingerprint density at radius 2 is 1.84 bits per heavy atom. The van der Waals surface area contributed by atoms with Crippen molar-refractivity contribution in [2.75, 3.05) is 20.1 Å². The van der Waals surface area contributed by atoms with Crippen LogP contribution in [-0.2, 0) is 4.79 Å². The highest BCUT2D eigenvalue weighted by molar-refractivity contribution is 5.83. The fourth-order valence-corrected chi connectivity index (χ4v) is 3.97. The van der Waals surface area contributed by atoms with Gasteiger partial charge in [0.2, 0.25) is 5.91 Å². The third-order valence-corrected chi connectivity index (χ3v) is 5.38. The Morgan fingerprint density at radius 1 is 1.26 bits per heavy atom. The number of carbonyl (C=O) groups excluding carboxylic acids is 1. The second-order valence-corrected chi connectivity index (χ2v) is 6.62. The van der Waals surface area contributed by atoms with E-state index in [0.717, 1.165) is 25.9 Å². The van der Waals surface area contributed by atoms with Gasteiger partial charge < -0.3 is 10.2 Å². The van der Waals surface area contributed by atoms with Crippen molar-refractivity contribution in [2.45, 2.75) is 44.1 Å². The van der Waals surface area contributed by atoms with Gasteiger partial charge in [0.15, 0.2) is 0 Å². The number of piperidine rings is 1. The predicted octanol–water partition coefficient (Wildman–Crippen LogP) is 1.53. The fourth-order valence-electron chi connectivity index (χ4n) is 3.97. The first-order valence-electron chi connectivity index (χ1n) is 7.57. The first-order chi connectivity index (χ1) is 9.15. The van der Waals surface area contributed by atoms with E-state index in [4.69, 9.17) is 0 Å². The van der Waals surface area contributed by atoms with Crippen LogP contribution in [0.25, 0.3) is 0 Å². The second-order valence-electron chi connectivity index (χ2n) is 6.62. The third-order valence-electron chi connectivity index (χ3n) is 5.38. The van der Waals surface area contributed by atoms with E-state index in [2.05, 4.69) is 23.3 Å². The van der Waals surface area contributed by atoms with Crippen molar-refractivity contribution >= 4 is 5.91 Å². The summed E-state index contributed by atoms with van der Waals surface area (Å²) in [6.45, 7) is 1.79. The van der Waals surface area contributed by atoms with Crippen LogP contribution in [0.3, 0.4) is 0 Å². The molecule has 0 aromatic rings. The minimum absolute atomic E-state index is 0.156. The number of nitrogens with zero attached hydrogens (tertiary/aromatic N) is 2. The third kappa shape index (κ3) is 2.36. The number of likely N-dealkylation sites (tertiary alicyclic amines) is 1. The SMILES string of the molecule is CN1CCC(C#N)(NC(=O)C2C3CCCCC32)CC1. The molecule has 104 valence electrons. The van der Waals surface area contributed by atoms with Crippen LogP contribution in [0.15, 0.2) is 0 Å². The van der Waals surface area contributed by atoms with E-state index in [0.29, 0.717) is 11.8 Å². The number of hydrogen-bond acceptors (Lipinski definition) is 3. The van der Waals surface area contributed by atoms with E-state index in [-0.39, 0.29) is 11.8 Å². The molecule has 1 aliphatic heterocycles.